The van der Waals surface area contributed by atoms with Gasteiger partial charge in [-0.1, -0.05) is 48.5 Å². The zero-order chi connectivity index (χ0) is 14.2. The monoisotopic (exact) mass is 268 g/mol. The van der Waals surface area contributed by atoms with Gasteiger partial charge < -0.3 is 10.6 Å². The summed E-state index contributed by atoms with van der Waals surface area (Å²) in [6.45, 7) is 0.687. The van der Waals surface area contributed by atoms with Gasteiger partial charge in [-0.25, -0.2) is 0 Å². The van der Waals surface area contributed by atoms with Gasteiger partial charge in [-0.15, -0.1) is 0 Å². The highest BCUT2D eigenvalue weighted by molar-refractivity contribution is 5.91. The van der Waals surface area contributed by atoms with Gasteiger partial charge in [0.1, 0.15) is 0 Å². The van der Waals surface area contributed by atoms with E-state index in [1.807, 2.05) is 43.4 Å². The maximum atomic E-state index is 11.8. The second kappa shape index (κ2) is 7.46. The molecule has 0 heterocycles. The van der Waals surface area contributed by atoms with Crippen molar-refractivity contribution in [2.24, 2.45) is 0 Å². The van der Waals surface area contributed by atoms with Gasteiger partial charge in [0.05, 0.1) is 0 Å². The molecule has 0 aliphatic rings. The fraction of sp³-hybridized carbons (Fsp3) is 0.235. The van der Waals surface area contributed by atoms with Crippen molar-refractivity contribution in [3.05, 3.63) is 65.7 Å². The lowest BCUT2D eigenvalue weighted by Gasteiger charge is -2.11. The van der Waals surface area contributed by atoms with E-state index < -0.39 is 0 Å². The van der Waals surface area contributed by atoms with Crippen molar-refractivity contribution >= 4 is 11.6 Å². The van der Waals surface area contributed by atoms with Gasteiger partial charge in [0.15, 0.2) is 0 Å². The maximum absolute atomic E-state index is 11.8. The van der Waals surface area contributed by atoms with E-state index in [-0.39, 0.29) is 5.91 Å². The minimum absolute atomic E-state index is 0.0415. The summed E-state index contributed by atoms with van der Waals surface area (Å²) in [6, 6.07) is 18.2. The molecule has 0 aliphatic carbocycles. The quantitative estimate of drug-likeness (QED) is 0.846. The second-order valence-electron chi connectivity index (χ2n) is 4.72. The predicted molar refractivity (Wildman–Crippen MR) is 82.9 cm³/mol. The van der Waals surface area contributed by atoms with Crippen molar-refractivity contribution in [2.45, 2.75) is 12.8 Å². The third-order valence-corrected chi connectivity index (χ3v) is 3.13. The first kappa shape index (κ1) is 14.3. The average Bonchev–Trinajstić information content (AvgIpc) is 2.48. The first-order valence-corrected chi connectivity index (χ1v) is 6.86. The highest BCUT2D eigenvalue weighted by Crippen LogP contribution is 2.19. The van der Waals surface area contributed by atoms with Crippen LogP contribution in [0.5, 0.6) is 0 Å². The van der Waals surface area contributed by atoms with Crippen LogP contribution in [0, 0.1) is 0 Å². The fourth-order valence-electron chi connectivity index (χ4n) is 2.06. The Hall–Kier alpha value is -2.13. The number of amides is 1. The van der Waals surface area contributed by atoms with Crippen LogP contribution >= 0.6 is 0 Å². The average molecular weight is 268 g/mol. The van der Waals surface area contributed by atoms with Crippen molar-refractivity contribution in [2.75, 3.05) is 18.9 Å². The third-order valence-electron chi connectivity index (χ3n) is 3.13. The van der Waals surface area contributed by atoms with Crippen LogP contribution < -0.4 is 10.6 Å². The SMILES string of the molecule is CNCCC(=O)Nc1ccccc1Cc1ccccc1. The number of hydrogen-bond donors (Lipinski definition) is 2. The predicted octanol–water partition coefficient (Wildman–Crippen LogP) is 2.83. The molecule has 104 valence electrons. The summed E-state index contributed by atoms with van der Waals surface area (Å²) < 4.78 is 0. The number of rotatable bonds is 6. The van der Waals surface area contributed by atoms with Crippen molar-refractivity contribution in [3.63, 3.8) is 0 Å². The molecule has 0 atom stereocenters. The molecule has 20 heavy (non-hydrogen) atoms. The van der Waals surface area contributed by atoms with E-state index in [0.29, 0.717) is 13.0 Å². The standard InChI is InChI=1S/C17H20N2O/c1-18-12-11-17(20)19-16-10-6-5-9-15(16)13-14-7-3-2-4-8-14/h2-10,18H,11-13H2,1H3,(H,19,20). The molecule has 0 aromatic heterocycles. The smallest absolute Gasteiger partial charge is 0.225 e. The first-order valence-electron chi connectivity index (χ1n) is 6.86. The first-order chi connectivity index (χ1) is 9.79. The van der Waals surface area contributed by atoms with E-state index in [0.717, 1.165) is 17.7 Å². The van der Waals surface area contributed by atoms with Crippen LogP contribution in [-0.4, -0.2) is 19.5 Å². The summed E-state index contributed by atoms with van der Waals surface area (Å²) in [5.74, 6) is 0.0415. The third kappa shape index (κ3) is 4.21. The van der Waals surface area contributed by atoms with E-state index >= 15 is 0 Å². The fourth-order valence-corrected chi connectivity index (χ4v) is 2.06. The summed E-state index contributed by atoms with van der Waals surface area (Å²) in [4.78, 5) is 11.8. The van der Waals surface area contributed by atoms with Gasteiger partial charge in [-0.2, -0.15) is 0 Å². The molecule has 2 rings (SSSR count). The van der Waals surface area contributed by atoms with E-state index in [2.05, 4.69) is 28.8 Å². The van der Waals surface area contributed by atoms with E-state index in [1.165, 1.54) is 5.56 Å². The molecule has 3 heteroatoms. The van der Waals surface area contributed by atoms with E-state index in [4.69, 9.17) is 0 Å². The summed E-state index contributed by atoms with van der Waals surface area (Å²) >= 11 is 0. The lowest BCUT2D eigenvalue weighted by molar-refractivity contribution is -0.116. The number of carbonyl (C=O) groups excluding carboxylic acids is 1. The number of carbonyl (C=O) groups is 1. The number of hydrogen-bond acceptors (Lipinski definition) is 2. The Kier molecular flexibility index (Phi) is 5.33. The Morgan fingerprint density at radius 2 is 1.70 bits per heavy atom. The Bertz CT molecular complexity index is 552. The number of nitrogens with one attached hydrogen (secondary N) is 2. The van der Waals surface area contributed by atoms with Crippen LogP contribution in [0.15, 0.2) is 54.6 Å². The van der Waals surface area contributed by atoms with Crippen molar-refractivity contribution in [1.29, 1.82) is 0 Å². The number of benzene rings is 2. The van der Waals surface area contributed by atoms with Crippen molar-refractivity contribution in [1.82, 2.24) is 5.32 Å². The zero-order valence-electron chi connectivity index (χ0n) is 11.7. The van der Waals surface area contributed by atoms with Gasteiger partial charge in [-0.05, 0) is 30.7 Å². The van der Waals surface area contributed by atoms with Crippen LogP contribution in [-0.2, 0) is 11.2 Å². The van der Waals surface area contributed by atoms with Crippen molar-refractivity contribution in [3.8, 4) is 0 Å². The largest absolute Gasteiger partial charge is 0.326 e. The highest BCUT2D eigenvalue weighted by atomic mass is 16.1. The molecule has 1 amide bonds. The molecule has 0 aliphatic heterocycles. The van der Waals surface area contributed by atoms with Gasteiger partial charge in [0.2, 0.25) is 5.91 Å². The van der Waals surface area contributed by atoms with Crippen LogP contribution in [0.25, 0.3) is 0 Å². The van der Waals surface area contributed by atoms with Crippen LogP contribution in [0.1, 0.15) is 17.5 Å². The van der Waals surface area contributed by atoms with Crippen LogP contribution in [0.4, 0.5) is 5.69 Å². The van der Waals surface area contributed by atoms with E-state index in [1.54, 1.807) is 0 Å². The zero-order valence-corrected chi connectivity index (χ0v) is 11.7. The van der Waals surface area contributed by atoms with Gasteiger partial charge in [0, 0.05) is 18.7 Å². The molecule has 0 spiro atoms. The molecule has 0 saturated heterocycles. The Morgan fingerprint density at radius 3 is 2.45 bits per heavy atom. The Labute approximate surface area is 120 Å². The molecule has 0 bridgehead atoms. The second-order valence-corrected chi connectivity index (χ2v) is 4.72. The summed E-state index contributed by atoms with van der Waals surface area (Å²) in [5, 5.41) is 5.96. The molecule has 0 saturated carbocycles. The van der Waals surface area contributed by atoms with E-state index in [9.17, 15) is 4.79 Å². The summed E-state index contributed by atoms with van der Waals surface area (Å²) in [5.41, 5.74) is 3.28. The Morgan fingerprint density at radius 1 is 1.00 bits per heavy atom. The lowest BCUT2D eigenvalue weighted by atomic mass is 10.0. The molecule has 3 nitrogen and oxygen atoms in total. The normalized spacial score (nSPS) is 10.2. The highest BCUT2D eigenvalue weighted by Gasteiger charge is 2.06. The lowest BCUT2D eigenvalue weighted by Crippen LogP contribution is -2.19. The van der Waals surface area contributed by atoms with Crippen LogP contribution in [0.3, 0.4) is 0 Å². The summed E-state index contributed by atoms with van der Waals surface area (Å²) in [6.07, 6.45) is 1.31. The molecule has 0 unspecified atom stereocenters. The Balaban J connectivity index is 2.08. The van der Waals surface area contributed by atoms with Crippen LogP contribution in [0.2, 0.25) is 0 Å². The maximum Gasteiger partial charge on any atom is 0.225 e. The van der Waals surface area contributed by atoms with Gasteiger partial charge in [0.25, 0.3) is 0 Å². The number of anilines is 1. The molecule has 0 radical (unpaired) electrons. The molecular formula is C17H20N2O. The molecular weight excluding hydrogens is 248 g/mol. The molecule has 2 aromatic rings. The minimum Gasteiger partial charge on any atom is -0.326 e. The topological polar surface area (TPSA) is 41.1 Å². The molecule has 0 fully saturated rings. The summed E-state index contributed by atoms with van der Waals surface area (Å²) in [7, 11) is 1.84. The minimum atomic E-state index is 0.0415. The van der Waals surface area contributed by atoms with Gasteiger partial charge in [-0.3, -0.25) is 4.79 Å². The molecule has 2 aromatic carbocycles. The molecule has 2 N–H and O–H groups in total. The van der Waals surface area contributed by atoms with Crippen molar-refractivity contribution < 1.29 is 4.79 Å². The number of para-hydroxylation sites is 1. The van der Waals surface area contributed by atoms with Gasteiger partial charge >= 0.3 is 0 Å².